The monoisotopic (exact) mass is 290 g/mol. The van der Waals surface area contributed by atoms with Crippen molar-refractivity contribution in [2.24, 2.45) is 0 Å². The predicted octanol–water partition coefficient (Wildman–Crippen LogP) is 4.58. The number of hydrogen-bond donors (Lipinski definition) is 0. The first-order valence-electron chi connectivity index (χ1n) is 7.47. The summed E-state index contributed by atoms with van der Waals surface area (Å²) < 4.78 is 25.2. The van der Waals surface area contributed by atoms with Crippen LogP contribution in [-0.2, 0) is 9.31 Å². The lowest BCUT2D eigenvalue weighted by Crippen LogP contribution is -2.41. The van der Waals surface area contributed by atoms with E-state index < -0.39 is 0 Å². The summed E-state index contributed by atoms with van der Waals surface area (Å²) in [6.45, 7) is 12.0. The summed E-state index contributed by atoms with van der Waals surface area (Å²) in [5, 5.41) is 0. The quantitative estimate of drug-likeness (QED) is 0.584. The summed E-state index contributed by atoms with van der Waals surface area (Å²) in [6.07, 6.45) is 3.44. The Morgan fingerprint density at radius 3 is 2.14 bits per heavy atom. The van der Waals surface area contributed by atoms with Crippen LogP contribution in [0.1, 0.15) is 45.6 Å². The van der Waals surface area contributed by atoms with Crippen LogP contribution in [0.3, 0.4) is 0 Å². The zero-order chi connectivity index (χ0) is 15.7. The minimum atomic E-state index is -0.320. The molecule has 0 radical (unpaired) electrons. The van der Waals surface area contributed by atoms with Gasteiger partial charge in [0, 0.05) is 0 Å². The van der Waals surface area contributed by atoms with E-state index >= 15 is 0 Å². The maximum atomic E-state index is 13.1. The maximum absolute atomic E-state index is 13.1. The van der Waals surface area contributed by atoms with Crippen LogP contribution in [-0.4, -0.2) is 18.3 Å². The lowest BCUT2D eigenvalue weighted by molar-refractivity contribution is 0.00578. The number of benzene rings is 1. The molecule has 1 aromatic carbocycles. The van der Waals surface area contributed by atoms with Crippen molar-refractivity contribution in [3.05, 3.63) is 48.3 Å². The highest BCUT2D eigenvalue weighted by molar-refractivity contribution is 6.45. The summed E-state index contributed by atoms with van der Waals surface area (Å²) >= 11 is 0. The molecule has 1 aromatic rings. The molecule has 1 fully saturated rings. The van der Waals surface area contributed by atoms with Crippen LogP contribution in [0.2, 0.25) is 6.32 Å². The van der Waals surface area contributed by atoms with Gasteiger partial charge in [-0.05, 0) is 64.1 Å². The van der Waals surface area contributed by atoms with Gasteiger partial charge in [0.1, 0.15) is 5.82 Å². The molecule has 1 saturated heterocycles. The molecule has 1 heterocycles. The molecule has 1 aliphatic heterocycles. The van der Waals surface area contributed by atoms with E-state index in [1.807, 2.05) is 45.9 Å². The van der Waals surface area contributed by atoms with Crippen molar-refractivity contribution in [2.75, 3.05) is 0 Å². The summed E-state index contributed by atoms with van der Waals surface area (Å²) in [6, 6.07) is 6.65. The third-order valence-electron chi connectivity index (χ3n) is 4.57. The molecular formula is C17H24BFO2. The first-order valence-corrected chi connectivity index (χ1v) is 7.47. The van der Waals surface area contributed by atoms with Gasteiger partial charge < -0.3 is 9.31 Å². The largest absolute Gasteiger partial charge is 0.458 e. The molecule has 0 unspecified atom stereocenters. The Bertz CT molecular complexity index is 480. The normalized spacial score (nSPS) is 21.3. The van der Waals surface area contributed by atoms with E-state index in [1.54, 1.807) is 0 Å². The molecule has 0 spiro atoms. The van der Waals surface area contributed by atoms with Gasteiger partial charge in [-0.1, -0.05) is 18.2 Å². The minimum Gasteiger partial charge on any atom is -0.403 e. The average molecular weight is 290 g/mol. The van der Waals surface area contributed by atoms with Gasteiger partial charge in [0.05, 0.1) is 11.2 Å². The minimum absolute atomic E-state index is 0.216. The Labute approximate surface area is 127 Å². The number of halogens is 1. The van der Waals surface area contributed by atoms with Gasteiger partial charge >= 0.3 is 7.12 Å². The summed E-state index contributed by atoms with van der Waals surface area (Å²) in [5.41, 5.74) is 0.448. The Morgan fingerprint density at radius 1 is 1.14 bits per heavy atom. The van der Waals surface area contributed by atoms with Crippen LogP contribution < -0.4 is 0 Å². The van der Waals surface area contributed by atoms with E-state index in [4.69, 9.17) is 9.31 Å². The van der Waals surface area contributed by atoms with E-state index in [0.717, 1.165) is 18.3 Å². The highest BCUT2D eigenvalue weighted by Gasteiger charge is 2.51. The summed E-state index contributed by atoms with van der Waals surface area (Å²) in [4.78, 5) is 0. The van der Waals surface area contributed by atoms with E-state index in [2.05, 4.69) is 6.58 Å². The third-order valence-corrected chi connectivity index (χ3v) is 4.57. The first kappa shape index (κ1) is 16.2. The molecule has 2 nitrogen and oxygen atoms in total. The number of rotatable bonds is 5. The number of hydrogen-bond acceptors (Lipinski definition) is 2. The fraction of sp³-hybridized carbons (Fsp3) is 0.529. The lowest BCUT2D eigenvalue weighted by atomic mass is 9.73. The van der Waals surface area contributed by atoms with E-state index in [9.17, 15) is 4.39 Å². The fourth-order valence-electron chi connectivity index (χ4n) is 2.60. The van der Waals surface area contributed by atoms with Crippen molar-refractivity contribution in [1.82, 2.24) is 0 Å². The third kappa shape index (κ3) is 3.56. The molecule has 1 atom stereocenters. The van der Waals surface area contributed by atoms with Gasteiger partial charge in [0.15, 0.2) is 0 Å². The van der Waals surface area contributed by atoms with Crippen LogP contribution in [0, 0.1) is 5.82 Å². The maximum Gasteiger partial charge on any atom is 0.458 e. The second-order valence-electron chi connectivity index (χ2n) is 6.69. The van der Waals surface area contributed by atoms with Crippen molar-refractivity contribution >= 4 is 7.12 Å². The highest BCUT2D eigenvalue weighted by Crippen LogP contribution is 2.40. The molecule has 21 heavy (non-hydrogen) atoms. The zero-order valence-electron chi connectivity index (χ0n) is 13.4. The number of allylic oxidation sites excluding steroid dienone is 1. The lowest BCUT2D eigenvalue weighted by Gasteiger charge is -2.32. The Hall–Kier alpha value is -1.13. The Morgan fingerprint density at radius 2 is 1.67 bits per heavy atom. The molecule has 0 saturated carbocycles. The average Bonchev–Trinajstić information content (AvgIpc) is 2.58. The van der Waals surface area contributed by atoms with E-state index in [1.165, 1.54) is 12.1 Å². The molecule has 0 amide bonds. The van der Waals surface area contributed by atoms with Crippen molar-refractivity contribution < 1.29 is 13.7 Å². The van der Waals surface area contributed by atoms with Crippen LogP contribution in [0.15, 0.2) is 36.9 Å². The molecule has 2 rings (SSSR count). The van der Waals surface area contributed by atoms with Crippen LogP contribution in [0.4, 0.5) is 4.39 Å². The standard InChI is InChI=1S/C17H24BFO2/c1-6-7-14(13-8-10-15(19)11-9-13)12-18-20-16(2,3)17(4,5)21-18/h6,8-11,14H,1,7,12H2,2-5H3/t14-/m1/s1. The van der Waals surface area contributed by atoms with Crippen molar-refractivity contribution in [3.8, 4) is 0 Å². The van der Waals surface area contributed by atoms with Crippen molar-refractivity contribution in [2.45, 2.75) is 57.6 Å². The molecule has 1 aliphatic rings. The van der Waals surface area contributed by atoms with Crippen LogP contribution in [0.5, 0.6) is 0 Å². The van der Waals surface area contributed by atoms with Gasteiger partial charge in [-0.2, -0.15) is 0 Å². The van der Waals surface area contributed by atoms with E-state index in [-0.39, 0.29) is 30.1 Å². The SMILES string of the molecule is C=CC[C@H](CB1OC(C)(C)C(C)(C)O1)c1ccc(F)cc1. The summed E-state index contributed by atoms with van der Waals surface area (Å²) in [7, 11) is -0.245. The van der Waals surface area contributed by atoms with E-state index in [0.29, 0.717) is 0 Å². The molecule has 0 bridgehead atoms. The van der Waals surface area contributed by atoms with Gasteiger partial charge in [-0.25, -0.2) is 4.39 Å². The summed E-state index contributed by atoms with van der Waals surface area (Å²) in [5.74, 6) is 0.00420. The molecule has 114 valence electrons. The van der Waals surface area contributed by atoms with Crippen molar-refractivity contribution in [1.29, 1.82) is 0 Å². The topological polar surface area (TPSA) is 18.5 Å². The second kappa shape index (κ2) is 5.94. The molecule has 0 N–H and O–H groups in total. The van der Waals surface area contributed by atoms with Gasteiger partial charge in [-0.3, -0.25) is 0 Å². The molecule has 4 heteroatoms. The van der Waals surface area contributed by atoms with Crippen LogP contribution in [0.25, 0.3) is 0 Å². The Balaban J connectivity index is 2.11. The van der Waals surface area contributed by atoms with Crippen LogP contribution >= 0.6 is 0 Å². The van der Waals surface area contributed by atoms with Gasteiger partial charge in [0.25, 0.3) is 0 Å². The smallest absolute Gasteiger partial charge is 0.403 e. The Kier molecular flexibility index (Phi) is 4.59. The molecule has 0 aromatic heterocycles. The van der Waals surface area contributed by atoms with Crippen molar-refractivity contribution in [3.63, 3.8) is 0 Å². The second-order valence-corrected chi connectivity index (χ2v) is 6.69. The first-order chi connectivity index (χ1) is 9.75. The van der Waals surface area contributed by atoms with Gasteiger partial charge in [0.2, 0.25) is 0 Å². The fourth-order valence-corrected chi connectivity index (χ4v) is 2.60. The zero-order valence-corrected chi connectivity index (χ0v) is 13.4. The molecule has 0 aliphatic carbocycles. The predicted molar refractivity (Wildman–Crippen MR) is 84.8 cm³/mol. The highest BCUT2D eigenvalue weighted by atomic mass is 19.1. The molecular weight excluding hydrogens is 266 g/mol. The van der Waals surface area contributed by atoms with Gasteiger partial charge in [-0.15, -0.1) is 6.58 Å².